The summed E-state index contributed by atoms with van der Waals surface area (Å²) in [5.41, 5.74) is 2.03. The van der Waals surface area contributed by atoms with E-state index in [9.17, 15) is 19.8 Å². The van der Waals surface area contributed by atoms with Crippen LogP contribution in [-0.4, -0.2) is 60.5 Å². The lowest BCUT2D eigenvalue weighted by molar-refractivity contribution is -0.306. The molecule has 43 heavy (non-hydrogen) atoms. The molecule has 2 heterocycles. The highest BCUT2D eigenvalue weighted by Crippen LogP contribution is 2.36. The summed E-state index contributed by atoms with van der Waals surface area (Å²) in [6, 6.07) is 17.7. The Kier molecular flexibility index (Phi) is 8.31. The number of benzene rings is 3. The highest BCUT2D eigenvalue weighted by Gasteiger charge is 2.50. The van der Waals surface area contributed by atoms with E-state index in [1.807, 2.05) is 31.2 Å². The van der Waals surface area contributed by atoms with E-state index >= 15 is 0 Å². The molecule has 0 unspecified atom stereocenters. The van der Waals surface area contributed by atoms with Gasteiger partial charge in [-0.3, -0.25) is 4.79 Å². The number of methoxy groups -OCH3 is 2. The molecule has 4 aromatic rings. The van der Waals surface area contributed by atoms with Gasteiger partial charge in [0.05, 0.1) is 12.7 Å². The second-order valence-electron chi connectivity index (χ2n) is 11.1. The molecule has 0 radical (unpaired) electrons. The molecule has 1 fully saturated rings. The van der Waals surface area contributed by atoms with Crippen molar-refractivity contribution in [3.63, 3.8) is 0 Å². The van der Waals surface area contributed by atoms with E-state index in [2.05, 4.69) is 5.32 Å². The molecule has 1 aromatic heterocycles. The van der Waals surface area contributed by atoms with Gasteiger partial charge in [-0.25, -0.2) is 4.79 Å². The Morgan fingerprint density at radius 3 is 2.35 bits per heavy atom. The third-order valence-corrected chi connectivity index (χ3v) is 7.79. The third-order valence-electron chi connectivity index (χ3n) is 7.79. The summed E-state index contributed by atoms with van der Waals surface area (Å²) in [5, 5.41) is 24.4. The lowest BCUT2D eigenvalue weighted by Gasteiger charge is -2.46. The predicted octanol–water partition coefficient (Wildman–Crippen LogP) is 4.59. The fraction of sp³-hybridized carbons (Fsp3) is 0.333. The minimum absolute atomic E-state index is 0.0275. The molecular formula is C33H35NO9. The first-order valence-corrected chi connectivity index (χ1v) is 13.8. The van der Waals surface area contributed by atoms with E-state index in [1.165, 1.54) is 13.2 Å². The van der Waals surface area contributed by atoms with E-state index in [0.29, 0.717) is 22.3 Å². The Labute approximate surface area is 248 Å². The van der Waals surface area contributed by atoms with Gasteiger partial charge in [0.15, 0.2) is 0 Å². The number of anilines is 1. The molecule has 10 heteroatoms. The Morgan fingerprint density at radius 1 is 0.930 bits per heavy atom. The number of rotatable bonds is 7. The van der Waals surface area contributed by atoms with Crippen molar-refractivity contribution in [1.82, 2.24) is 0 Å². The van der Waals surface area contributed by atoms with Gasteiger partial charge in [-0.2, -0.15) is 0 Å². The first kappa shape index (κ1) is 30.2. The average Bonchev–Trinajstić information content (AvgIpc) is 2.98. The standard InChI is InChI=1S/C33H35NO9/c1-17-9-7-8-10-21(17)22-15-20(12-14-25(22)39-5)30(37)34-23-16-19-11-13-24(18(2)28(19)42-31(23)38)41-32-27(36)26(35)29(40-6)33(3,4)43-32/h7-16,26-27,29,32,35-36H,1-6H3,(H,34,37)/t26-,27-,29+,32+/m0/s1. The number of amides is 1. The smallest absolute Gasteiger partial charge is 0.360 e. The molecule has 1 amide bonds. The molecule has 5 rings (SSSR count). The maximum atomic E-state index is 13.2. The van der Waals surface area contributed by atoms with Crippen LogP contribution in [0, 0.1) is 13.8 Å². The first-order valence-electron chi connectivity index (χ1n) is 13.8. The quantitative estimate of drug-likeness (QED) is 0.265. The second-order valence-corrected chi connectivity index (χ2v) is 11.1. The Hall–Kier alpha value is -4.22. The minimum atomic E-state index is -1.39. The summed E-state index contributed by atoms with van der Waals surface area (Å²) in [5.74, 6) is 0.421. The van der Waals surface area contributed by atoms with Crippen molar-refractivity contribution >= 4 is 22.6 Å². The van der Waals surface area contributed by atoms with E-state index in [-0.39, 0.29) is 17.0 Å². The zero-order chi connectivity index (χ0) is 31.1. The monoisotopic (exact) mass is 589 g/mol. The summed E-state index contributed by atoms with van der Waals surface area (Å²) in [7, 11) is 3.00. The van der Waals surface area contributed by atoms with Crippen molar-refractivity contribution in [2.24, 2.45) is 0 Å². The largest absolute Gasteiger partial charge is 0.496 e. The summed E-state index contributed by atoms with van der Waals surface area (Å²) < 4.78 is 28.3. The summed E-state index contributed by atoms with van der Waals surface area (Å²) in [4.78, 5) is 26.2. The van der Waals surface area contributed by atoms with E-state index in [0.717, 1.165) is 16.7 Å². The number of aryl methyl sites for hydroxylation is 2. The maximum absolute atomic E-state index is 13.2. The molecule has 1 aliphatic rings. The topological polar surface area (TPSA) is 137 Å². The van der Waals surface area contributed by atoms with Crippen LogP contribution < -0.4 is 20.4 Å². The normalized spacial score (nSPS) is 21.4. The molecule has 10 nitrogen and oxygen atoms in total. The highest BCUT2D eigenvalue weighted by molar-refractivity contribution is 6.06. The van der Waals surface area contributed by atoms with E-state index in [1.54, 1.807) is 58.2 Å². The second kappa shape index (κ2) is 11.8. The minimum Gasteiger partial charge on any atom is -0.496 e. The van der Waals surface area contributed by atoms with Crippen LogP contribution in [0.4, 0.5) is 5.69 Å². The molecule has 4 atom stereocenters. The van der Waals surface area contributed by atoms with Gasteiger partial charge < -0.3 is 38.9 Å². The van der Waals surface area contributed by atoms with Gasteiger partial charge in [0.2, 0.25) is 6.29 Å². The van der Waals surface area contributed by atoms with Crippen molar-refractivity contribution in [2.75, 3.05) is 19.5 Å². The molecule has 0 saturated carbocycles. The molecule has 3 aromatic carbocycles. The van der Waals surface area contributed by atoms with Crippen molar-refractivity contribution < 1.29 is 38.4 Å². The number of fused-ring (bicyclic) bond motifs is 1. The van der Waals surface area contributed by atoms with Gasteiger partial charge in [-0.1, -0.05) is 24.3 Å². The van der Waals surface area contributed by atoms with Crippen LogP contribution >= 0.6 is 0 Å². The van der Waals surface area contributed by atoms with Crippen LogP contribution in [0.25, 0.3) is 22.1 Å². The molecule has 226 valence electrons. The number of aliphatic hydroxyl groups is 2. The number of carbonyl (C=O) groups excluding carboxylic acids is 1. The fourth-order valence-electron chi connectivity index (χ4n) is 5.48. The third kappa shape index (κ3) is 5.74. The van der Waals surface area contributed by atoms with Crippen LogP contribution in [0.15, 0.2) is 69.9 Å². The van der Waals surface area contributed by atoms with Crippen LogP contribution in [0.2, 0.25) is 0 Å². The predicted molar refractivity (Wildman–Crippen MR) is 161 cm³/mol. The lowest BCUT2D eigenvalue weighted by Crippen LogP contribution is -2.63. The number of carbonyl (C=O) groups is 1. The van der Waals surface area contributed by atoms with Crippen LogP contribution in [0.1, 0.15) is 35.3 Å². The van der Waals surface area contributed by atoms with Crippen LogP contribution in [-0.2, 0) is 9.47 Å². The molecular weight excluding hydrogens is 554 g/mol. The van der Waals surface area contributed by atoms with Crippen LogP contribution in [0.3, 0.4) is 0 Å². The number of hydrogen-bond donors (Lipinski definition) is 3. The number of aliphatic hydroxyl groups excluding tert-OH is 2. The fourth-order valence-corrected chi connectivity index (χ4v) is 5.48. The van der Waals surface area contributed by atoms with Gasteiger partial charge in [-0.15, -0.1) is 0 Å². The molecule has 0 spiro atoms. The zero-order valence-corrected chi connectivity index (χ0v) is 24.8. The van der Waals surface area contributed by atoms with Gasteiger partial charge in [0.25, 0.3) is 5.91 Å². The van der Waals surface area contributed by atoms with Crippen molar-refractivity contribution in [1.29, 1.82) is 0 Å². The van der Waals surface area contributed by atoms with Crippen LogP contribution in [0.5, 0.6) is 11.5 Å². The highest BCUT2D eigenvalue weighted by atomic mass is 16.7. The Morgan fingerprint density at radius 2 is 1.65 bits per heavy atom. The summed E-state index contributed by atoms with van der Waals surface area (Å²) in [6.07, 6.45) is -4.60. The van der Waals surface area contributed by atoms with Crippen molar-refractivity contribution in [3.8, 4) is 22.6 Å². The maximum Gasteiger partial charge on any atom is 0.360 e. The molecule has 1 saturated heterocycles. The Bertz CT molecular complexity index is 1730. The number of ether oxygens (including phenoxy) is 4. The SMILES string of the molecule is COc1ccc(C(=O)Nc2cc3ccc(O[C@@H]4OC(C)(C)[C@H](OC)[C@@H](O)[C@@H]4O)c(C)c3oc2=O)cc1-c1ccccc1C. The zero-order valence-electron chi connectivity index (χ0n) is 24.8. The molecule has 1 aliphatic heterocycles. The van der Waals surface area contributed by atoms with Gasteiger partial charge in [-0.05, 0) is 75.2 Å². The van der Waals surface area contributed by atoms with Gasteiger partial charge >= 0.3 is 5.63 Å². The van der Waals surface area contributed by atoms with Gasteiger partial charge in [0.1, 0.15) is 41.1 Å². The lowest BCUT2D eigenvalue weighted by atomic mass is 9.89. The molecule has 3 N–H and O–H groups in total. The summed E-state index contributed by atoms with van der Waals surface area (Å²) >= 11 is 0. The van der Waals surface area contributed by atoms with E-state index < -0.39 is 41.7 Å². The van der Waals surface area contributed by atoms with Crippen molar-refractivity contribution in [3.05, 3.63) is 87.8 Å². The molecule has 0 bridgehead atoms. The average molecular weight is 590 g/mol. The Balaban J connectivity index is 1.40. The first-order chi connectivity index (χ1) is 20.4. The summed E-state index contributed by atoms with van der Waals surface area (Å²) in [6.45, 7) is 7.12. The van der Waals surface area contributed by atoms with Crippen molar-refractivity contribution in [2.45, 2.75) is 57.9 Å². The number of nitrogens with one attached hydrogen (secondary N) is 1. The number of hydrogen-bond acceptors (Lipinski definition) is 9. The molecule has 0 aliphatic carbocycles. The van der Waals surface area contributed by atoms with E-state index in [4.69, 9.17) is 23.4 Å². The van der Waals surface area contributed by atoms with Gasteiger partial charge in [0, 0.05) is 29.2 Å².